The lowest BCUT2D eigenvalue weighted by atomic mass is 10.1. The van der Waals surface area contributed by atoms with Gasteiger partial charge < -0.3 is 20.1 Å². The zero-order valence-electron chi connectivity index (χ0n) is 36.6. The number of rotatable bonds is 43. The lowest BCUT2D eigenvalue weighted by Crippen LogP contribution is -2.28. The number of unbranched alkanes of at least 4 members (excludes halogenated alkanes) is 18. The van der Waals surface area contributed by atoms with Gasteiger partial charge in [-0.3, -0.25) is 13.8 Å². The van der Waals surface area contributed by atoms with Crippen LogP contribution in [0.3, 0.4) is 0 Å². The first-order chi connectivity index (χ1) is 27.9. The summed E-state index contributed by atoms with van der Waals surface area (Å²) in [6.45, 7) is 4.76. The standard InChI is InChI=1S/C48H86NO7P/c1-3-5-7-9-11-13-15-17-19-20-21-22-23-24-25-26-27-28-30-32-34-36-38-40-43-53-45-47(46-55-57(51,52)54-44-42-49)56-48(50)41-39-37-35-33-31-29-18-16-14-12-10-8-6-4-2/h5,7,11,13,16-19,21-22,24-25,47H,3-4,6,8-10,12,14-15,20,23,26-46,49H2,1-2H3,(H,51,52)/b7-5-,13-11-,18-16-,19-17-,22-21-,25-24-. The molecule has 0 aliphatic carbocycles. The Labute approximate surface area is 350 Å². The Bertz CT molecular complexity index is 1100. The van der Waals surface area contributed by atoms with Gasteiger partial charge in [0.2, 0.25) is 0 Å². The Kier molecular flexibility index (Phi) is 43.4. The van der Waals surface area contributed by atoms with E-state index in [9.17, 15) is 14.3 Å². The van der Waals surface area contributed by atoms with Gasteiger partial charge in [0, 0.05) is 19.6 Å². The SMILES string of the molecule is CC/C=C\C/C=C\C/C=C\C/C=C\C/C=C\CCCCCCCCCCOCC(COP(=O)(O)OCCN)OC(=O)CCCCCCC/C=C\CCCCCCC. The van der Waals surface area contributed by atoms with Crippen LogP contribution < -0.4 is 5.73 Å². The van der Waals surface area contributed by atoms with E-state index in [1.165, 1.54) is 83.5 Å². The van der Waals surface area contributed by atoms with Gasteiger partial charge in [-0.25, -0.2) is 4.57 Å². The fraction of sp³-hybridized carbons (Fsp3) is 0.729. The van der Waals surface area contributed by atoms with Crippen molar-refractivity contribution in [1.29, 1.82) is 0 Å². The van der Waals surface area contributed by atoms with Crippen molar-refractivity contribution in [3.63, 3.8) is 0 Å². The fourth-order valence-electron chi connectivity index (χ4n) is 6.02. The molecule has 0 bridgehead atoms. The van der Waals surface area contributed by atoms with Crippen LogP contribution in [0.5, 0.6) is 0 Å². The summed E-state index contributed by atoms with van der Waals surface area (Å²) in [5, 5.41) is 0. The highest BCUT2D eigenvalue weighted by molar-refractivity contribution is 7.47. The number of carbonyl (C=O) groups excluding carboxylic acids is 1. The number of ether oxygens (including phenoxy) is 2. The van der Waals surface area contributed by atoms with Gasteiger partial charge in [-0.15, -0.1) is 0 Å². The van der Waals surface area contributed by atoms with Crippen LogP contribution in [0, 0.1) is 0 Å². The zero-order chi connectivity index (χ0) is 41.6. The van der Waals surface area contributed by atoms with E-state index >= 15 is 0 Å². The van der Waals surface area contributed by atoms with Gasteiger partial charge in [0.1, 0.15) is 6.10 Å². The number of carbonyl (C=O) groups is 1. The highest BCUT2D eigenvalue weighted by Crippen LogP contribution is 2.43. The third-order valence-corrected chi connectivity index (χ3v) is 10.3. The second kappa shape index (κ2) is 45.0. The molecule has 0 fully saturated rings. The quantitative estimate of drug-likeness (QED) is 0.0270. The van der Waals surface area contributed by atoms with E-state index in [0.717, 1.165) is 83.5 Å². The van der Waals surface area contributed by atoms with Gasteiger partial charge in [-0.05, 0) is 83.5 Å². The minimum atomic E-state index is -4.29. The van der Waals surface area contributed by atoms with Crippen LogP contribution in [0.2, 0.25) is 0 Å². The third kappa shape index (κ3) is 44.9. The van der Waals surface area contributed by atoms with Crippen molar-refractivity contribution < 1.29 is 32.8 Å². The average Bonchev–Trinajstić information content (AvgIpc) is 3.20. The van der Waals surface area contributed by atoms with Gasteiger partial charge in [-0.1, -0.05) is 170 Å². The molecular formula is C48H86NO7P. The van der Waals surface area contributed by atoms with Crippen LogP contribution in [0.15, 0.2) is 72.9 Å². The Morgan fingerprint density at radius 1 is 0.544 bits per heavy atom. The molecule has 0 aliphatic heterocycles. The topological polar surface area (TPSA) is 117 Å². The Morgan fingerprint density at radius 2 is 0.982 bits per heavy atom. The molecule has 0 radical (unpaired) electrons. The maximum absolute atomic E-state index is 12.6. The van der Waals surface area contributed by atoms with Crippen LogP contribution in [-0.2, 0) is 27.9 Å². The van der Waals surface area contributed by atoms with Crippen molar-refractivity contribution in [2.24, 2.45) is 5.73 Å². The van der Waals surface area contributed by atoms with E-state index in [1.54, 1.807) is 0 Å². The Hall–Kier alpha value is -2.06. The fourth-order valence-corrected chi connectivity index (χ4v) is 6.78. The van der Waals surface area contributed by atoms with E-state index < -0.39 is 13.9 Å². The summed E-state index contributed by atoms with van der Waals surface area (Å²) in [4.78, 5) is 22.5. The van der Waals surface area contributed by atoms with Crippen molar-refractivity contribution >= 4 is 13.8 Å². The van der Waals surface area contributed by atoms with Gasteiger partial charge in [-0.2, -0.15) is 0 Å². The summed E-state index contributed by atoms with van der Waals surface area (Å²) >= 11 is 0. The van der Waals surface area contributed by atoms with Crippen molar-refractivity contribution in [3.05, 3.63) is 72.9 Å². The number of phosphoric ester groups is 1. The van der Waals surface area contributed by atoms with Crippen LogP contribution in [-0.4, -0.2) is 49.9 Å². The molecule has 8 nitrogen and oxygen atoms in total. The van der Waals surface area contributed by atoms with Gasteiger partial charge in [0.15, 0.2) is 0 Å². The number of hydrogen-bond donors (Lipinski definition) is 2. The Balaban J connectivity index is 4.01. The molecule has 3 N–H and O–H groups in total. The number of hydrogen-bond acceptors (Lipinski definition) is 7. The highest BCUT2D eigenvalue weighted by Gasteiger charge is 2.25. The summed E-state index contributed by atoms with van der Waals surface area (Å²) < 4.78 is 33.5. The smallest absolute Gasteiger partial charge is 0.457 e. The summed E-state index contributed by atoms with van der Waals surface area (Å²) in [5.41, 5.74) is 5.37. The monoisotopic (exact) mass is 820 g/mol. The molecule has 0 saturated heterocycles. The molecule has 0 aromatic heterocycles. The number of phosphoric acid groups is 1. The molecule has 2 atom stereocenters. The van der Waals surface area contributed by atoms with Crippen molar-refractivity contribution in [2.45, 2.75) is 193 Å². The lowest BCUT2D eigenvalue weighted by Gasteiger charge is -2.20. The summed E-state index contributed by atoms with van der Waals surface area (Å²) in [6, 6.07) is 0. The second-order valence-corrected chi connectivity index (χ2v) is 16.3. The predicted octanol–water partition coefficient (Wildman–Crippen LogP) is 13.9. The number of esters is 1. The zero-order valence-corrected chi connectivity index (χ0v) is 37.4. The van der Waals surface area contributed by atoms with Crippen LogP contribution in [0.25, 0.3) is 0 Å². The molecular weight excluding hydrogens is 734 g/mol. The lowest BCUT2D eigenvalue weighted by molar-refractivity contribution is -0.154. The van der Waals surface area contributed by atoms with E-state index in [-0.39, 0.29) is 32.3 Å². The molecule has 0 spiro atoms. The van der Waals surface area contributed by atoms with Crippen LogP contribution in [0.1, 0.15) is 187 Å². The number of nitrogens with two attached hydrogens (primary N) is 1. The molecule has 0 heterocycles. The van der Waals surface area contributed by atoms with Crippen molar-refractivity contribution in [1.82, 2.24) is 0 Å². The minimum Gasteiger partial charge on any atom is -0.457 e. The molecule has 2 unspecified atom stereocenters. The summed E-state index contributed by atoms with van der Waals surface area (Å²) in [5.74, 6) is -0.345. The van der Waals surface area contributed by atoms with Crippen LogP contribution >= 0.6 is 7.82 Å². The van der Waals surface area contributed by atoms with Crippen molar-refractivity contribution in [2.75, 3.05) is 33.0 Å². The molecule has 0 saturated carbocycles. The first-order valence-corrected chi connectivity index (χ1v) is 24.4. The van der Waals surface area contributed by atoms with E-state index in [2.05, 4.69) is 86.8 Å². The van der Waals surface area contributed by atoms with Crippen molar-refractivity contribution in [3.8, 4) is 0 Å². The maximum Gasteiger partial charge on any atom is 0.472 e. The summed E-state index contributed by atoms with van der Waals surface area (Å²) in [7, 11) is -4.29. The largest absolute Gasteiger partial charge is 0.472 e. The molecule has 57 heavy (non-hydrogen) atoms. The molecule has 330 valence electrons. The average molecular weight is 820 g/mol. The normalized spacial score (nSPS) is 14.1. The number of allylic oxidation sites excluding steroid dienone is 12. The summed E-state index contributed by atoms with van der Waals surface area (Å²) in [6.07, 6.45) is 56.4. The third-order valence-electron chi connectivity index (χ3n) is 9.36. The first-order valence-electron chi connectivity index (χ1n) is 22.9. The van der Waals surface area contributed by atoms with Crippen LogP contribution in [0.4, 0.5) is 0 Å². The minimum absolute atomic E-state index is 0.0944. The Morgan fingerprint density at radius 3 is 1.49 bits per heavy atom. The molecule has 0 rings (SSSR count). The van der Waals surface area contributed by atoms with E-state index in [1.807, 2.05) is 0 Å². The molecule has 9 heteroatoms. The van der Waals surface area contributed by atoms with Gasteiger partial charge in [0.05, 0.1) is 19.8 Å². The highest BCUT2D eigenvalue weighted by atomic mass is 31.2. The molecule has 0 amide bonds. The molecule has 0 aliphatic rings. The van der Waals surface area contributed by atoms with E-state index in [4.69, 9.17) is 24.3 Å². The second-order valence-electron chi connectivity index (χ2n) is 14.9. The molecule has 0 aromatic carbocycles. The van der Waals surface area contributed by atoms with Gasteiger partial charge in [0.25, 0.3) is 0 Å². The van der Waals surface area contributed by atoms with Gasteiger partial charge >= 0.3 is 13.8 Å². The predicted molar refractivity (Wildman–Crippen MR) is 242 cm³/mol. The first kappa shape index (κ1) is 54.9. The molecule has 0 aromatic rings. The maximum atomic E-state index is 12.6. The van der Waals surface area contributed by atoms with E-state index in [0.29, 0.717) is 13.0 Å².